The SMILES string of the molecule is N[C@H]([C-]=O)C[Se].[K+]. The van der Waals surface area contributed by atoms with E-state index in [-0.39, 0.29) is 51.4 Å². The number of carbonyl (C=O) groups excluding carboxylic acids is 1. The van der Waals surface area contributed by atoms with Crippen molar-refractivity contribution < 1.29 is 56.2 Å². The Morgan fingerprint density at radius 3 is 2.29 bits per heavy atom. The van der Waals surface area contributed by atoms with E-state index in [1.54, 1.807) is 6.29 Å². The second-order valence-electron chi connectivity index (χ2n) is 0.891. The predicted molar refractivity (Wildman–Crippen MR) is 24.2 cm³/mol. The van der Waals surface area contributed by atoms with Crippen molar-refractivity contribution in [2.24, 2.45) is 5.73 Å². The Hall–Kier alpha value is 1.79. The van der Waals surface area contributed by atoms with E-state index in [4.69, 9.17) is 5.73 Å². The maximum atomic E-state index is 9.47. The molecule has 1 atom stereocenters. The second kappa shape index (κ2) is 7.79. The standard InChI is InChI=1S/C3H5NOSe.K/c4-3(1-5)2-6;/h3H,2,4H2;/q-1;+1/t3-;/m1./s1. The molecule has 1 radical (unpaired) electrons. The predicted octanol–water partition coefficient (Wildman–Crippen LogP) is -3.99. The fraction of sp³-hybridized carbons (Fsp3) is 0.667. The minimum atomic E-state index is -0.426. The topological polar surface area (TPSA) is 43.1 Å². The number of hydrogen-bond donors (Lipinski definition) is 1. The smallest absolute Gasteiger partial charge is 1.00 e. The molecule has 0 spiro atoms. The summed E-state index contributed by atoms with van der Waals surface area (Å²) in [6.45, 7) is 0. The molecule has 0 bridgehead atoms. The van der Waals surface area contributed by atoms with Crippen molar-refractivity contribution in [1.29, 1.82) is 0 Å². The van der Waals surface area contributed by atoms with Crippen LogP contribution < -0.4 is 57.1 Å². The molecule has 0 saturated carbocycles. The van der Waals surface area contributed by atoms with Crippen LogP contribution in [0.15, 0.2) is 0 Å². The summed E-state index contributed by atoms with van der Waals surface area (Å²) in [4.78, 5) is 9.47. The van der Waals surface area contributed by atoms with Crippen LogP contribution in [0.3, 0.4) is 0 Å². The number of rotatable bonds is 2. The first-order valence-corrected chi connectivity index (χ1v) is 2.73. The Labute approximate surface area is 93.8 Å². The summed E-state index contributed by atoms with van der Waals surface area (Å²) in [7, 11) is 0. The van der Waals surface area contributed by atoms with Gasteiger partial charge in [0.15, 0.2) is 0 Å². The summed E-state index contributed by atoms with van der Waals surface area (Å²) in [5.41, 5.74) is 5.02. The van der Waals surface area contributed by atoms with Gasteiger partial charge < -0.3 is 0 Å². The molecule has 0 aromatic rings. The van der Waals surface area contributed by atoms with Gasteiger partial charge in [0.1, 0.15) is 0 Å². The van der Waals surface area contributed by atoms with Crippen molar-refractivity contribution in [3.05, 3.63) is 0 Å². The largest absolute Gasteiger partial charge is 1.00 e. The van der Waals surface area contributed by atoms with Crippen LogP contribution in [0.1, 0.15) is 0 Å². The second-order valence-corrected chi connectivity index (χ2v) is 1.59. The molecule has 0 aliphatic rings. The molecule has 0 aliphatic carbocycles. The number of nitrogens with two attached hydrogens (primary N) is 1. The van der Waals surface area contributed by atoms with Crippen molar-refractivity contribution in [2.75, 3.05) is 0 Å². The third-order valence-corrected chi connectivity index (χ3v) is 1.08. The monoisotopic (exact) mass is 190 g/mol. The normalized spacial score (nSPS) is 11.7. The molecule has 4 heteroatoms. The molecular formula is C3H5KNOSe. The molecule has 0 heterocycles. The van der Waals surface area contributed by atoms with Gasteiger partial charge in [-0.15, -0.1) is 0 Å². The van der Waals surface area contributed by atoms with Gasteiger partial charge in [-0.25, -0.2) is 0 Å². The van der Waals surface area contributed by atoms with Crippen LogP contribution in [0.4, 0.5) is 0 Å². The van der Waals surface area contributed by atoms with Crippen molar-refractivity contribution in [3.63, 3.8) is 0 Å². The summed E-state index contributed by atoms with van der Waals surface area (Å²) in [5, 5.41) is 0.559. The molecule has 2 nitrogen and oxygen atoms in total. The van der Waals surface area contributed by atoms with E-state index >= 15 is 0 Å². The summed E-state index contributed by atoms with van der Waals surface area (Å²) < 4.78 is 0. The Balaban J connectivity index is 0. The summed E-state index contributed by atoms with van der Waals surface area (Å²) >= 11 is 2.61. The molecule has 0 rings (SSSR count). The molecule has 0 amide bonds. The third kappa shape index (κ3) is 7.79. The zero-order valence-corrected chi connectivity index (χ0v) is 9.01. The van der Waals surface area contributed by atoms with Gasteiger partial charge in [0.25, 0.3) is 0 Å². The van der Waals surface area contributed by atoms with Crippen LogP contribution in [-0.2, 0) is 4.79 Å². The zero-order valence-electron chi connectivity index (χ0n) is 4.18. The Bertz CT molecular complexity index is 52.2. The Kier molecular flexibility index (Phi) is 12.9. The summed E-state index contributed by atoms with van der Waals surface area (Å²) in [6, 6.07) is -0.426. The van der Waals surface area contributed by atoms with Crippen LogP contribution in [0.5, 0.6) is 0 Å². The quantitative estimate of drug-likeness (QED) is 0.355. The number of hydrogen-bond acceptors (Lipinski definition) is 2. The van der Waals surface area contributed by atoms with E-state index in [0.717, 1.165) is 0 Å². The van der Waals surface area contributed by atoms with E-state index in [1.807, 2.05) is 0 Å². The van der Waals surface area contributed by atoms with Gasteiger partial charge in [0, 0.05) is 0 Å². The van der Waals surface area contributed by atoms with Crippen LogP contribution in [0.25, 0.3) is 0 Å². The van der Waals surface area contributed by atoms with Crippen molar-refractivity contribution in [3.8, 4) is 0 Å². The maximum Gasteiger partial charge on any atom is 1.00 e. The van der Waals surface area contributed by atoms with E-state index in [2.05, 4.69) is 16.0 Å². The van der Waals surface area contributed by atoms with Gasteiger partial charge in [0.2, 0.25) is 0 Å². The molecule has 0 aromatic carbocycles. The average molecular weight is 189 g/mol. The van der Waals surface area contributed by atoms with Gasteiger partial charge in [-0.2, -0.15) is 0 Å². The molecular weight excluding hydrogens is 184 g/mol. The minimum absolute atomic E-state index is 0. The molecule has 0 aliphatic heterocycles. The fourth-order valence-corrected chi connectivity index (χ4v) is 0.177. The van der Waals surface area contributed by atoms with Crippen molar-refractivity contribution in [1.82, 2.24) is 0 Å². The molecule has 7 heavy (non-hydrogen) atoms. The van der Waals surface area contributed by atoms with E-state index in [9.17, 15) is 4.79 Å². The summed E-state index contributed by atoms with van der Waals surface area (Å²) in [6.07, 6.45) is 1.61. The first-order valence-electron chi connectivity index (χ1n) is 1.52. The molecule has 35 valence electrons. The first kappa shape index (κ1) is 11.6. The van der Waals surface area contributed by atoms with Gasteiger partial charge in [-0.1, -0.05) is 0 Å². The van der Waals surface area contributed by atoms with Crippen molar-refractivity contribution in [2.45, 2.75) is 11.4 Å². The molecule has 0 fully saturated rings. The van der Waals surface area contributed by atoms with E-state index < -0.39 is 6.04 Å². The van der Waals surface area contributed by atoms with Crippen LogP contribution >= 0.6 is 0 Å². The zero-order chi connectivity index (χ0) is 4.99. The van der Waals surface area contributed by atoms with Crippen LogP contribution in [0, 0.1) is 0 Å². The molecule has 0 saturated heterocycles. The van der Waals surface area contributed by atoms with Gasteiger partial charge in [-0.3, -0.25) is 0 Å². The average Bonchev–Trinajstić information content (AvgIpc) is 1.65. The molecule has 0 unspecified atom stereocenters. The fourth-order valence-electron chi connectivity index (χ4n) is 0.0340. The van der Waals surface area contributed by atoms with Crippen LogP contribution in [0.2, 0.25) is 5.32 Å². The third-order valence-electron chi connectivity index (χ3n) is 0.331. The Morgan fingerprint density at radius 1 is 1.86 bits per heavy atom. The van der Waals surface area contributed by atoms with Gasteiger partial charge in [0.05, 0.1) is 0 Å². The van der Waals surface area contributed by atoms with E-state index in [0.29, 0.717) is 5.32 Å². The van der Waals surface area contributed by atoms with Crippen LogP contribution in [-0.4, -0.2) is 28.3 Å². The van der Waals surface area contributed by atoms with Gasteiger partial charge in [-0.05, 0) is 0 Å². The molecule has 2 N–H and O–H groups in total. The summed E-state index contributed by atoms with van der Waals surface area (Å²) in [5.74, 6) is 0. The first-order chi connectivity index (χ1) is 2.81. The van der Waals surface area contributed by atoms with Gasteiger partial charge >= 0.3 is 95.6 Å². The minimum Gasteiger partial charge on any atom is 1.00 e. The Morgan fingerprint density at radius 2 is 2.29 bits per heavy atom. The maximum absolute atomic E-state index is 9.47. The molecule has 0 aromatic heterocycles. The van der Waals surface area contributed by atoms with Crippen molar-refractivity contribution >= 4 is 22.3 Å². The van der Waals surface area contributed by atoms with E-state index in [1.165, 1.54) is 0 Å².